The number of pyridine rings is 3. The minimum Gasteiger partial charge on any atom is -0.494 e. The van der Waals surface area contributed by atoms with E-state index in [1.807, 2.05) is 0 Å². The fourth-order valence-corrected chi connectivity index (χ4v) is 3.40. The Morgan fingerprint density at radius 3 is 2.70 bits per heavy atom. The standard InChI is InChI=1S/C20H13F3N6O3S/c1-32-15-8-24-14(17(22)23)5-11(15)10-6-16(29-4-2-3-13(21)19(29)31)25-7-12(10)18(30)28-20-26-9-27-33-20/h2-9,17H,1H3,(H,26,27,28,30). The average Bonchev–Trinajstić information content (AvgIpc) is 3.33. The molecule has 0 bridgehead atoms. The van der Waals surface area contributed by atoms with Gasteiger partial charge in [0.25, 0.3) is 17.9 Å². The second-order valence-electron chi connectivity index (χ2n) is 6.43. The van der Waals surface area contributed by atoms with Crippen molar-refractivity contribution in [3.8, 4) is 22.7 Å². The van der Waals surface area contributed by atoms with Gasteiger partial charge in [0.1, 0.15) is 23.6 Å². The summed E-state index contributed by atoms with van der Waals surface area (Å²) in [6, 6.07) is 4.65. The Morgan fingerprint density at radius 2 is 2.00 bits per heavy atom. The van der Waals surface area contributed by atoms with E-state index < -0.39 is 29.4 Å². The largest absolute Gasteiger partial charge is 0.494 e. The second-order valence-corrected chi connectivity index (χ2v) is 7.21. The summed E-state index contributed by atoms with van der Waals surface area (Å²) in [7, 11) is 1.31. The summed E-state index contributed by atoms with van der Waals surface area (Å²) < 4.78 is 50.5. The van der Waals surface area contributed by atoms with Crippen LogP contribution in [0.25, 0.3) is 16.9 Å². The Balaban J connectivity index is 1.93. The summed E-state index contributed by atoms with van der Waals surface area (Å²) in [5, 5.41) is 2.74. The third kappa shape index (κ3) is 4.43. The summed E-state index contributed by atoms with van der Waals surface area (Å²) >= 11 is 0.931. The van der Waals surface area contributed by atoms with Crippen molar-refractivity contribution in [3.05, 3.63) is 76.6 Å². The quantitative estimate of drug-likeness (QED) is 0.455. The molecule has 9 nitrogen and oxygen atoms in total. The first-order valence-corrected chi connectivity index (χ1v) is 9.94. The molecule has 168 valence electrons. The van der Waals surface area contributed by atoms with Crippen molar-refractivity contribution in [2.45, 2.75) is 6.43 Å². The Morgan fingerprint density at radius 1 is 1.18 bits per heavy atom. The first-order valence-electron chi connectivity index (χ1n) is 9.17. The zero-order valence-electron chi connectivity index (χ0n) is 16.7. The summed E-state index contributed by atoms with van der Waals surface area (Å²) in [4.78, 5) is 36.8. The Bertz CT molecular complexity index is 1380. The summed E-state index contributed by atoms with van der Waals surface area (Å²) in [6.45, 7) is 0. The van der Waals surface area contributed by atoms with Crippen LogP contribution >= 0.6 is 11.5 Å². The van der Waals surface area contributed by atoms with E-state index in [9.17, 15) is 22.8 Å². The number of methoxy groups -OCH3 is 1. The molecule has 0 saturated carbocycles. The minimum atomic E-state index is -2.89. The molecule has 0 aliphatic carbocycles. The highest BCUT2D eigenvalue weighted by Crippen LogP contribution is 2.35. The number of carbonyl (C=O) groups excluding carboxylic acids is 1. The van der Waals surface area contributed by atoms with E-state index in [0.29, 0.717) is 0 Å². The van der Waals surface area contributed by atoms with Gasteiger partial charge in [-0.25, -0.2) is 23.1 Å². The molecule has 0 aliphatic heterocycles. The highest BCUT2D eigenvalue weighted by atomic mass is 32.1. The first kappa shape index (κ1) is 22.1. The number of rotatable bonds is 6. The van der Waals surface area contributed by atoms with Crippen molar-refractivity contribution in [1.82, 2.24) is 23.9 Å². The molecule has 1 amide bonds. The maximum atomic E-state index is 13.8. The van der Waals surface area contributed by atoms with Gasteiger partial charge in [0.2, 0.25) is 5.13 Å². The molecule has 1 N–H and O–H groups in total. The van der Waals surface area contributed by atoms with Crippen molar-refractivity contribution in [3.63, 3.8) is 0 Å². The maximum absolute atomic E-state index is 13.8. The van der Waals surface area contributed by atoms with Crippen LogP contribution in [0.2, 0.25) is 0 Å². The molecule has 0 unspecified atom stereocenters. The van der Waals surface area contributed by atoms with Gasteiger partial charge in [-0.2, -0.15) is 4.37 Å². The molecule has 13 heteroatoms. The van der Waals surface area contributed by atoms with Crippen molar-refractivity contribution < 1.29 is 22.7 Å². The van der Waals surface area contributed by atoms with E-state index >= 15 is 0 Å². The second kappa shape index (κ2) is 9.16. The van der Waals surface area contributed by atoms with Gasteiger partial charge in [-0.1, -0.05) is 0 Å². The van der Waals surface area contributed by atoms with E-state index in [1.165, 1.54) is 31.8 Å². The molecule has 4 aromatic rings. The molecule has 0 radical (unpaired) electrons. The van der Waals surface area contributed by atoms with E-state index in [2.05, 4.69) is 24.6 Å². The van der Waals surface area contributed by atoms with Crippen molar-refractivity contribution in [2.75, 3.05) is 12.4 Å². The summed E-state index contributed by atoms with van der Waals surface area (Å²) in [5.41, 5.74) is -1.37. The summed E-state index contributed by atoms with van der Waals surface area (Å²) in [5.74, 6) is -1.63. The highest BCUT2D eigenvalue weighted by Gasteiger charge is 2.22. The van der Waals surface area contributed by atoms with Gasteiger partial charge in [0, 0.05) is 35.1 Å². The minimum absolute atomic E-state index is 0.0388. The molecule has 0 saturated heterocycles. The topological polar surface area (TPSA) is 112 Å². The number of nitrogens with one attached hydrogen (secondary N) is 1. The zero-order valence-corrected chi connectivity index (χ0v) is 17.5. The SMILES string of the molecule is COc1cnc(C(F)F)cc1-c1cc(-n2cccc(F)c2=O)ncc1C(=O)Nc1ncns1. The van der Waals surface area contributed by atoms with Crippen LogP contribution in [0.15, 0.2) is 54.0 Å². The van der Waals surface area contributed by atoms with Crippen LogP contribution in [0.4, 0.5) is 18.3 Å². The Hall–Kier alpha value is -4.13. The van der Waals surface area contributed by atoms with E-state index in [4.69, 9.17) is 4.74 Å². The van der Waals surface area contributed by atoms with E-state index in [1.54, 1.807) is 0 Å². The molecule has 0 fully saturated rings. The molecular formula is C20H13F3N6O3S. The van der Waals surface area contributed by atoms with Gasteiger partial charge in [-0.3, -0.25) is 24.5 Å². The molecule has 0 spiro atoms. The third-order valence-electron chi connectivity index (χ3n) is 4.49. The van der Waals surface area contributed by atoms with Crippen LogP contribution < -0.4 is 15.6 Å². The van der Waals surface area contributed by atoms with Gasteiger partial charge in [0.05, 0.1) is 18.9 Å². The average molecular weight is 474 g/mol. The van der Waals surface area contributed by atoms with E-state index in [0.717, 1.165) is 40.6 Å². The fourth-order valence-electron chi connectivity index (χ4n) is 2.97. The smallest absolute Gasteiger partial charge is 0.292 e. The predicted octanol–water partition coefficient (Wildman–Crippen LogP) is 3.48. The van der Waals surface area contributed by atoms with Gasteiger partial charge in [-0.15, -0.1) is 0 Å². The van der Waals surface area contributed by atoms with Gasteiger partial charge >= 0.3 is 0 Å². The number of halogens is 3. The monoisotopic (exact) mass is 474 g/mol. The molecule has 4 rings (SSSR count). The van der Waals surface area contributed by atoms with Crippen LogP contribution in [-0.2, 0) is 0 Å². The molecule has 0 aromatic carbocycles. The molecule has 0 atom stereocenters. The highest BCUT2D eigenvalue weighted by molar-refractivity contribution is 7.09. The lowest BCUT2D eigenvalue weighted by molar-refractivity contribution is 0.102. The lowest BCUT2D eigenvalue weighted by Gasteiger charge is -2.15. The van der Waals surface area contributed by atoms with Crippen LogP contribution in [0.1, 0.15) is 22.5 Å². The number of amides is 1. The fraction of sp³-hybridized carbons (Fsp3) is 0.100. The number of hydrogen-bond acceptors (Lipinski definition) is 8. The van der Waals surface area contributed by atoms with Crippen LogP contribution in [0, 0.1) is 5.82 Å². The molecule has 4 heterocycles. The maximum Gasteiger partial charge on any atom is 0.292 e. The normalized spacial score (nSPS) is 10.9. The number of ether oxygens (including phenoxy) is 1. The number of aromatic nitrogens is 5. The van der Waals surface area contributed by atoms with Gasteiger partial charge < -0.3 is 4.74 Å². The van der Waals surface area contributed by atoms with Crippen molar-refractivity contribution >= 4 is 22.6 Å². The first-order chi connectivity index (χ1) is 15.9. The lowest BCUT2D eigenvalue weighted by Crippen LogP contribution is -2.22. The van der Waals surface area contributed by atoms with Gasteiger partial charge in [0.15, 0.2) is 5.82 Å². The molecule has 33 heavy (non-hydrogen) atoms. The molecule has 4 aromatic heterocycles. The van der Waals surface area contributed by atoms with Crippen LogP contribution in [0.3, 0.4) is 0 Å². The number of hydrogen-bond donors (Lipinski definition) is 1. The third-order valence-corrected chi connectivity index (χ3v) is 5.07. The van der Waals surface area contributed by atoms with Crippen molar-refractivity contribution in [2.24, 2.45) is 0 Å². The van der Waals surface area contributed by atoms with Crippen molar-refractivity contribution in [1.29, 1.82) is 0 Å². The summed E-state index contributed by atoms with van der Waals surface area (Å²) in [6.07, 6.45) is 1.88. The Labute approximate surface area is 187 Å². The zero-order chi connectivity index (χ0) is 23.5. The van der Waals surface area contributed by atoms with Crippen LogP contribution in [-0.4, -0.2) is 36.9 Å². The molecular weight excluding hydrogens is 461 g/mol. The predicted molar refractivity (Wildman–Crippen MR) is 112 cm³/mol. The van der Waals surface area contributed by atoms with E-state index in [-0.39, 0.29) is 33.4 Å². The lowest BCUT2D eigenvalue weighted by atomic mass is 10.00. The van der Waals surface area contributed by atoms with Crippen LogP contribution in [0.5, 0.6) is 5.75 Å². The number of carbonyl (C=O) groups is 1. The van der Waals surface area contributed by atoms with Gasteiger partial charge in [-0.05, 0) is 24.3 Å². The number of alkyl halides is 2. The number of anilines is 1. The Kier molecular flexibility index (Phi) is 6.13. The number of nitrogens with zero attached hydrogens (tertiary/aromatic N) is 5. The molecule has 0 aliphatic rings.